The fourth-order valence-electron chi connectivity index (χ4n) is 2.65. The Labute approximate surface area is 160 Å². The van der Waals surface area contributed by atoms with Crippen LogP contribution in [0.3, 0.4) is 0 Å². The zero-order valence-corrected chi connectivity index (χ0v) is 16.0. The number of anilines is 2. The van der Waals surface area contributed by atoms with Gasteiger partial charge in [0.05, 0.1) is 11.4 Å². The number of halogens is 1. The molecule has 6 nitrogen and oxygen atoms in total. The van der Waals surface area contributed by atoms with Gasteiger partial charge in [-0.3, -0.25) is 0 Å². The van der Waals surface area contributed by atoms with Crippen LogP contribution in [0.15, 0.2) is 47.1 Å². The van der Waals surface area contributed by atoms with Crippen molar-refractivity contribution in [2.24, 2.45) is 0 Å². The maximum Gasteiger partial charge on any atom is 0.145 e. The van der Waals surface area contributed by atoms with E-state index in [1.807, 2.05) is 43.3 Å². The van der Waals surface area contributed by atoms with Crippen molar-refractivity contribution >= 4 is 27.6 Å². The number of aromatic nitrogens is 3. The van der Waals surface area contributed by atoms with Crippen LogP contribution in [0, 0.1) is 18.3 Å². The summed E-state index contributed by atoms with van der Waals surface area (Å²) in [7, 11) is 0. The average Bonchev–Trinajstić information content (AvgIpc) is 2.98. The number of nitrogens with zero attached hydrogens (tertiary/aromatic N) is 4. The van der Waals surface area contributed by atoms with E-state index in [9.17, 15) is 5.26 Å². The molecule has 0 spiro atoms. The molecule has 7 heteroatoms. The largest absolute Gasteiger partial charge is 0.382 e. The van der Waals surface area contributed by atoms with Crippen molar-refractivity contribution in [3.63, 3.8) is 0 Å². The fourth-order valence-corrected chi connectivity index (χ4v) is 2.87. The van der Waals surface area contributed by atoms with Gasteiger partial charge in [-0.15, -0.1) is 0 Å². The first-order chi connectivity index (χ1) is 12.6. The average molecular weight is 411 g/mol. The smallest absolute Gasteiger partial charge is 0.145 e. The van der Waals surface area contributed by atoms with Gasteiger partial charge in [0.1, 0.15) is 23.3 Å². The lowest BCUT2D eigenvalue weighted by atomic mass is 10.1. The summed E-state index contributed by atoms with van der Waals surface area (Å²) in [5.41, 5.74) is 9.27. The van der Waals surface area contributed by atoms with Gasteiger partial charge in [-0.25, -0.2) is 9.67 Å². The molecule has 2 aromatic heterocycles. The SMILES string of the molecule is Cc1cc(NCCCc2nn(-c3ccccc3)c(N)c2C#N)ncc1Br. The van der Waals surface area contributed by atoms with Gasteiger partial charge < -0.3 is 11.1 Å². The standard InChI is InChI=1S/C19H19BrN6/c1-13-10-18(24-12-16(13)20)23-9-5-8-17-15(11-21)19(22)26(25-17)14-6-3-2-4-7-14/h2-4,6-7,10,12H,5,8-9,22H2,1H3,(H,23,24). The number of nitrogen functional groups attached to an aromatic ring is 1. The molecule has 0 atom stereocenters. The van der Waals surface area contributed by atoms with Crippen LogP contribution in [0.25, 0.3) is 5.69 Å². The van der Waals surface area contributed by atoms with Crippen LogP contribution < -0.4 is 11.1 Å². The molecule has 0 saturated heterocycles. The summed E-state index contributed by atoms with van der Waals surface area (Å²) >= 11 is 3.44. The number of aryl methyl sites for hydroxylation is 2. The van der Waals surface area contributed by atoms with E-state index < -0.39 is 0 Å². The second-order valence-electron chi connectivity index (χ2n) is 5.92. The number of nitrogens with two attached hydrogens (primary N) is 1. The molecule has 0 bridgehead atoms. The van der Waals surface area contributed by atoms with Crippen molar-refractivity contribution < 1.29 is 0 Å². The van der Waals surface area contributed by atoms with Gasteiger partial charge in [0, 0.05) is 17.2 Å². The Bertz CT molecular complexity index is 943. The topological polar surface area (TPSA) is 92.5 Å². The van der Waals surface area contributed by atoms with Gasteiger partial charge in [0.15, 0.2) is 0 Å². The number of para-hydroxylation sites is 1. The molecule has 0 unspecified atom stereocenters. The van der Waals surface area contributed by atoms with Crippen LogP contribution in [-0.2, 0) is 6.42 Å². The molecule has 0 aliphatic carbocycles. The third kappa shape index (κ3) is 3.86. The van der Waals surface area contributed by atoms with Crippen molar-refractivity contribution in [3.05, 3.63) is 63.9 Å². The summed E-state index contributed by atoms with van der Waals surface area (Å²) in [4.78, 5) is 4.33. The predicted octanol–water partition coefficient (Wildman–Crippen LogP) is 3.84. The van der Waals surface area contributed by atoms with Gasteiger partial charge in [0.2, 0.25) is 0 Å². The number of hydrogen-bond acceptors (Lipinski definition) is 5. The third-order valence-corrected chi connectivity index (χ3v) is 4.88. The highest BCUT2D eigenvalue weighted by Crippen LogP contribution is 2.21. The van der Waals surface area contributed by atoms with Gasteiger partial charge in [0.25, 0.3) is 0 Å². The van der Waals surface area contributed by atoms with E-state index in [4.69, 9.17) is 5.73 Å². The summed E-state index contributed by atoms with van der Waals surface area (Å²) < 4.78 is 2.62. The minimum atomic E-state index is 0.381. The second-order valence-corrected chi connectivity index (χ2v) is 6.77. The third-order valence-electron chi connectivity index (χ3n) is 4.05. The Morgan fingerprint density at radius 1 is 1.31 bits per heavy atom. The summed E-state index contributed by atoms with van der Waals surface area (Å²) in [6.07, 6.45) is 3.26. The zero-order valence-electron chi connectivity index (χ0n) is 14.4. The van der Waals surface area contributed by atoms with E-state index in [1.54, 1.807) is 10.9 Å². The van der Waals surface area contributed by atoms with Crippen LogP contribution >= 0.6 is 15.9 Å². The van der Waals surface area contributed by atoms with Crippen LogP contribution in [0.4, 0.5) is 11.6 Å². The molecule has 3 N–H and O–H groups in total. The van der Waals surface area contributed by atoms with Gasteiger partial charge in [-0.1, -0.05) is 18.2 Å². The zero-order chi connectivity index (χ0) is 18.5. The fraction of sp³-hybridized carbons (Fsp3) is 0.211. The van der Waals surface area contributed by atoms with Crippen molar-refractivity contribution in [1.29, 1.82) is 5.26 Å². The van der Waals surface area contributed by atoms with Crippen molar-refractivity contribution in [2.45, 2.75) is 19.8 Å². The minimum absolute atomic E-state index is 0.381. The summed E-state index contributed by atoms with van der Waals surface area (Å²) in [6, 6.07) is 13.8. The molecule has 0 saturated carbocycles. The number of benzene rings is 1. The van der Waals surface area contributed by atoms with E-state index in [1.165, 1.54) is 0 Å². The van der Waals surface area contributed by atoms with Crippen LogP contribution in [0.1, 0.15) is 23.2 Å². The molecular weight excluding hydrogens is 392 g/mol. The number of nitrogens with one attached hydrogen (secondary N) is 1. The van der Waals surface area contributed by atoms with Gasteiger partial charge in [-0.2, -0.15) is 10.4 Å². The van der Waals surface area contributed by atoms with Gasteiger partial charge in [-0.05, 0) is 59.5 Å². The highest BCUT2D eigenvalue weighted by Gasteiger charge is 2.16. The molecule has 0 radical (unpaired) electrons. The summed E-state index contributed by atoms with van der Waals surface area (Å²) in [6.45, 7) is 2.76. The highest BCUT2D eigenvalue weighted by atomic mass is 79.9. The molecule has 3 aromatic rings. The second kappa shape index (κ2) is 8.02. The monoisotopic (exact) mass is 410 g/mol. The molecule has 0 aliphatic rings. The Hall–Kier alpha value is -2.85. The van der Waals surface area contributed by atoms with Crippen LogP contribution in [0.2, 0.25) is 0 Å². The predicted molar refractivity (Wildman–Crippen MR) is 106 cm³/mol. The first kappa shape index (κ1) is 18.0. The lowest BCUT2D eigenvalue weighted by Crippen LogP contribution is -2.05. The van der Waals surface area contributed by atoms with E-state index in [-0.39, 0.29) is 0 Å². The Balaban J connectivity index is 1.66. The first-order valence-electron chi connectivity index (χ1n) is 8.29. The maximum absolute atomic E-state index is 9.44. The Morgan fingerprint density at radius 3 is 2.77 bits per heavy atom. The summed E-state index contributed by atoms with van der Waals surface area (Å²) in [5.74, 6) is 1.22. The van der Waals surface area contributed by atoms with Gasteiger partial charge >= 0.3 is 0 Å². The normalized spacial score (nSPS) is 10.5. The first-order valence-corrected chi connectivity index (χ1v) is 9.08. The molecule has 26 heavy (non-hydrogen) atoms. The lowest BCUT2D eigenvalue weighted by Gasteiger charge is -2.06. The maximum atomic E-state index is 9.44. The minimum Gasteiger partial charge on any atom is -0.382 e. The van der Waals surface area contributed by atoms with E-state index in [0.29, 0.717) is 17.8 Å². The number of pyridine rings is 1. The van der Waals surface area contributed by atoms with Crippen molar-refractivity contribution in [1.82, 2.24) is 14.8 Å². The van der Waals surface area contributed by atoms with Crippen molar-refractivity contribution in [3.8, 4) is 11.8 Å². The van der Waals surface area contributed by atoms with E-state index >= 15 is 0 Å². The van der Waals surface area contributed by atoms with Crippen LogP contribution in [0.5, 0.6) is 0 Å². The van der Waals surface area contributed by atoms with Crippen LogP contribution in [-0.4, -0.2) is 21.3 Å². The molecule has 0 fully saturated rings. The van der Waals surface area contributed by atoms with E-state index in [0.717, 1.165) is 40.2 Å². The molecule has 132 valence electrons. The lowest BCUT2D eigenvalue weighted by molar-refractivity contribution is 0.789. The number of rotatable bonds is 6. The molecule has 0 aliphatic heterocycles. The number of hydrogen-bond donors (Lipinski definition) is 2. The molecular formula is C19H19BrN6. The summed E-state index contributed by atoms with van der Waals surface area (Å²) in [5, 5.41) is 17.3. The Morgan fingerprint density at radius 2 is 2.08 bits per heavy atom. The molecule has 3 rings (SSSR count). The van der Waals surface area contributed by atoms with Crippen molar-refractivity contribution in [2.75, 3.05) is 17.6 Å². The van der Waals surface area contributed by atoms with E-state index in [2.05, 4.69) is 37.4 Å². The Kier molecular flexibility index (Phi) is 5.54. The molecule has 1 aromatic carbocycles. The number of nitriles is 1. The quantitative estimate of drug-likeness (QED) is 0.602. The molecule has 0 amide bonds. The highest BCUT2D eigenvalue weighted by molar-refractivity contribution is 9.10. The molecule has 2 heterocycles.